The number of amides is 1. The fourth-order valence-corrected chi connectivity index (χ4v) is 1.09. The van der Waals surface area contributed by atoms with Crippen LogP contribution in [0.25, 0.3) is 0 Å². The minimum atomic E-state index is -1.22. The second-order valence-corrected chi connectivity index (χ2v) is 2.98. The van der Waals surface area contributed by atoms with Gasteiger partial charge in [0.25, 0.3) is 5.91 Å². The van der Waals surface area contributed by atoms with Gasteiger partial charge in [-0.25, -0.2) is 4.79 Å². The van der Waals surface area contributed by atoms with Crippen LogP contribution in [-0.2, 0) is 0 Å². The van der Waals surface area contributed by atoms with E-state index in [0.717, 1.165) is 17.2 Å². The Labute approximate surface area is 96.1 Å². The van der Waals surface area contributed by atoms with E-state index in [1.165, 1.54) is 0 Å². The Hall–Kier alpha value is -2.80. The molecule has 0 unspecified atom stereocenters. The standard InChI is InChI=1S/C10H7N3O4/c11-1-3-13(4-2-12)9(14)8-5-7(6-17-8)10(15)16/h5-6H,3-4H2,(H,15,16). The SMILES string of the molecule is N#CCN(CC#N)C(=O)c1cc(C(=O)O)co1. The molecule has 0 fully saturated rings. The molecule has 17 heavy (non-hydrogen) atoms. The van der Waals surface area contributed by atoms with E-state index in [4.69, 9.17) is 20.0 Å². The number of nitrogens with zero attached hydrogens (tertiary/aromatic N) is 3. The van der Waals surface area contributed by atoms with Crippen molar-refractivity contribution in [2.75, 3.05) is 13.1 Å². The molecule has 0 aliphatic carbocycles. The highest BCUT2D eigenvalue weighted by Crippen LogP contribution is 2.10. The van der Waals surface area contributed by atoms with Gasteiger partial charge in [-0.15, -0.1) is 0 Å². The van der Waals surface area contributed by atoms with E-state index in [9.17, 15) is 9.59 Å². The summed E-state index contributed by atoms with van der Waals surface area (Å²) in [5.74, 6) is -2.13. The fraction of sp³-hybridized carbons (Fsp3) is 0.200. The number of carbonyl (C=O) groups is 2. The van der Waals surface area contributed by atoms with Crippen molar-refractivity contribution in [2.24, 2.45) is 0 Å². The number of hydrogen-bond donors (Lipinski definition) is 1. The monoisotopic (exact) mass is 233 g/mol. The van der Waals surface area contributed by atoms with Crippen molar-refractivity contribution in [3.8, 4) is 12.1 Å². The zero-order valence-electron chi connectivity index (χ0n) is 8.58. The molecule has 1 heterocycles. The van der Waals surface area contributed by atoms with E-state index in [1.807, 2.05) is 0 Å². The molecular formula is C10H7N3O4. The van der Waals surface area contributed by atoms with Gasteiger partial charge in [-0.05, 0) is 0 Å². The largest absolute Gasteiger partial charge is 0.478 e. The van der Waals surface area contributed by atoms with Gasteiger partial charge in [0.1, 0.15) is 19.4 Å². The maximum absolute atomic E-state index is 11.7. The summed E-state index contributed by atoms with van der Waals surface area (Å²) in [6, 6.07) is 4.51. The molecule has 1 N–H and O–H groups in total. The van der Waals surface area contributed by atoms with E-state index in [2.05, 4.69) is 0 Å². The van der Waals surface area contributed by atoms with Crippen LogP contribution in [0.1, 0.15) is 20.9 Å². The van der Waals surface area contributed by atoms with Gasteiger partial charge in [0.05, 0.1) is 17.7 Å². The molecule has 0 aromatic carbocycles. The molecule has 0 aliphatic rings. The average Bonchev–Trinajstić information content (AvgIpc) is 2.77. The van der Waals surface area contributed by atoms with Gasteiger partial charge in [0.2, 0.25) is 0 Å². The van der Waals surface area contributed by atoms with E-state index in [-0.39, 0.29) is 24.4 Å². The van der Waals surface area contributed by atoms with Gasteiger partial charge in [-0.3, -0.25) is 4.79 Å². The number of carboxylic acids is 1. The Bertz CT molecular complexity index is 504. The summed E-state index contributed by atoms with van der Waals surface area (Å²) in [5, 5.41) is 25.6. The number of hydrogen-bond acceptors (Lipinski definition) is 5. The molecular weight excluding hydrogens is 226 g/mol. The lowest BCUT2D eigenvalue weighted by Gasteiger charge is -2.13. The van der Waals surface area contributed by atoms with E-state index >= 15 is 0 Å². The zero-order valence-corrected chi connectivity index (χ0v) is 8.58. The number of furan rings is 1. The third-order valence-electron chi connectivity index (χ3n) is 1.87. The molecule has 0 bridgehead atoms. The summed E-state index contributed by atoms with van der Waals surface area (Å²) >= 11 is 0. The number of nitriles is 2. The topological polar surface area (TPSA) is 118 Å². The summed E-state index contributed by atoms with van der Waals surface area (Å²) in [5.41, 5.74) is -0.165. The second-order valence-electron chi connectivity index (χ2n) is 2.98. The molecule has 7 nitrogen and oxygen atoms in total. The number of carbonyl (C=O) groups excluding carboxylic acids is 1. The van der Waals surface area contributed by atoms with Crippen molar-refractivity contribution in [1.29, 1.82) is 10.5 Å². The molecule has 0 spiro atoms. The van der Waals surface area contributed by atoms with Gasteiger partial charge in [-0.2, -0.15) is 10.5 Å². The molecule has 0 aliphatic heterocycles. The van der Waals surface area contributed by atoms with Crippen LogP contribution in [0.3, 0.4) is 0 Å². The molecule has 0 atom stereocenters. The van der Waals surface area contributed by atoms with E-state index in [0.29, 0.717) is 0 Å². The second kappa shape index (κ2) is 5.33. The molecule has 0 saturated heterocycles. The lowest BCUT2D eigenvalue weighted by molar-refractivity contribution is 0.0695. The van der Waals surface area contributed by atoms with Gasteiger partial charge in [0, 0.05) is 6.07 Å². The lowest BCUT2D eigenvalue weighted by Crippen LogP contribution is -2.31. The summed E-state index contributed by atoms with van der Waals surface area (Å²) < 4.78 is 4.77. The van der Waals surface area contributed by atoms with Crippen LogP contribution in [0.2, 0.25) is 0 Å². The van der Waals surface area contributed by atoms with Gasteiger partial charge < -0.3 is 14.4 Å². The molecule has 0 radical (unpaired) electrons. The minimum Gasteiger partial charge on any atom is -0.478 e. The maximum atomic E-state index is 11.7. The molecule has 7 heteroatoms. The van der Waals surface area contributed by atoms with E-state index in [1.54, 1.807) is 12.1 Å². The van der Waals surface area contributed by atoms with Crippen LogP contribution < -0.4 is 0 Å². The van der Waals surface area contributed by atoms with Crippen molar-refractivity contribution in [2.45, 2.75) is 0 Å². The fourth-order valence-electron chi connectivity index (χ4n) is 1.09. The van der Waals surface area contributed by atoms with Crippen LogP contribution in [0, 0.1) is 22.7 Å². The van der Waals surface area contributed by atoms with Gasteiger partial charge in [-0.1, -0.05) is 0 Å². The predicted octanol–water partition coefficient (Wildman–Crippen LogP) is 0.467. The molecule has 1 amide bonds. The smallest absolute Gasteiger partial charge is 0.338 e. The van der Waals surface area contributed by atoms with Gasteiger partial charge in [0.15, 0.2) is 5.76 Å². The van der Waals surface area contributed by atoms with Crippen LogP contribution in [0.4, 0.5) is 0 Å². The third kappa shape index (κ3) is 2.83. The molecule has 0 saturated carbocycles. The number of aromatic carboxylic acids is 1. The molecule has 86 valence electrons. The molecule has 1 aromatic heterocycles. The molecule has 1 aromatic rings. The zero-order chi connectivity index (χ0) is 12.8. The van der Waals surface area contributed by atoms with Crippen molar-refractivity contribution < 1.29 is 19.1 Å². The van der Waals surface area contributed by atoms with Crippen LogP contribution in [-0.4, -0.2) is 35.0 Å². The highest BCUT2D eigenvalue weighted by molar-refractivity contribution is 5.95. The first-order chi connectivity index (χ1) is 8.10. The van der Waals surface area contributed by atoms with E-state index < -0.39 is 11.9 Å². The summed E-state index contributed by atoms with van der Waals surface area (Å²) in [7, 11) is 0. The first-order valence-corrected chi connectivity index (χ1v) is 4.45. The van der Waals surface area contributed by atoms with Crippen molar-refractivity contribution in [3.63, 3.8) is 0 Å². The quantitative estimate of drug-likeness (QED) is 0.755. The van der Waals surface area contributed by atoms with Crippen molar-refractivity contribution in [1.82, 2.24) is 4.90 Å². The summed E-state index contributed by atoms with van der Waals surface area (Å²) in [6.45, 7) is -0.537. The first-order valence-electron chi connectivity index (χ1n) is 4.45. The normalized spacial score (nSPS) is 9.06. The third-order valence-corrected chi connectivity index (χ3v) is 1.87. The van der Waals surface area contributed by atoms with Crippen LogP contribution >= 0.6 is 0 Å². The Kier molecular flexibility index (Phi) is 3.85. The van der Waals surface area contributed by atoms with Crippen LogP contribution in [0.5, 0.6) is 0 Å². The first kappa shape index (κ1) is 12.3. The Morgan fingerprint density at radius 3 is 2.35 bits per heavy atom. The highest BCUT2D eigenvalue weighted by atomic mass is 16.4. The summed E-state index contributed by atoms with van der Waals surface area (Å²) in [6.07, 6.45) is 0.923. The van der Waals surface area contributed by atoms with Crippen molar-refractivity contribution >= 4 is 11.9 Å². The average molecular weight is 233 g/mol. The van der Waals surface area contributed by atoms with Crippen LogP contribution in [0.15, 0.2) is 16.7 Å². The Morgan fingerprint density at radius 1 is 1.35 bits per heavy atom. The lowest BCUT2D eigenvalue weighted by atomic mass is 10.3. The highest BCUT2D eigenvalue weighted by Gasteiger charge is 2.20. The number of carboxylic acid groups (broad SMARTS) is 1. The minimum absolute atomic E-state index is 0.165. The predicted molar refractivity (Wildman–Crippen MR) is 52.8 cm³/mol. The maximum Gasteiger partial charge on any atom is 0.338 e. The molecule has 1 rings (SSSR count). The van der Waals surface area contributed by atoms with Crippen molar-refractivity contribution in [3.05, 3.63) is 23.7 Å². The Balaban J connectivity index is 2.90. The Morgan fingerprint density at radius 2 is 1.94 bits per heavy atom. The van der Waals surface area contributed by atoms with Gasteiger partial charge >= 0.3 is 5.97 Å². The number of rotatable bonds is 4. The summed E-state index contributed by atoms with van der Waals surface area (Å²) in [4.78, 5) is 23.2.